The van der Waals surface area contributed by atoms with Crippen molar-refractivity contribution in [2.45, 2.75) is 6.92 Å². The number of rotatable bonds is 1. The molecule has 0 aliphatic carbocycles. The van der Waals surface area contributed by atoms with Crippen LogP contribution < -0.4 is 0 Å². The molecule has 2 rings (SSSR count). The molecule has 0 amide bonds. The summed E-state index contributed by atoms with van der Waals surface area (Å²) in [5.41, 5.74) is 1.08. The van der Waals surface area contributed by atoms with E-state index in [9.17, 15) is 0 Å². The Morgan fingerprint density at radius 1 is 1.55 bits per heavy atom. The number of aromatic amines is 1. The first-order valence-corrected chi connectivity index (χ1v) is 4.22. The monoisotopic (exact) mass is 165 g/mol. The molecule has 0 radical (unpaired) electrons. The van der Waals surface area contributed by atoms with Gasteiger partial charge in [0.2, 0.25) is 0 Å². The van der Waals surface area contributed by atoms with Crippen LogP contribution in [0.15, 0.2) is 16.8 Å². The van der Waals surface area contributed by atoms with Crippen LogP contribution in [-0.2, 0) is 0 Å². The summed E-state index contributed by atoms with van der Waals surface area (Å²) in [6.45, 7) is 1.89. The van der Waals surface area contributed by atoms with E-state index in [1.807, 2.05) is 23.8 Å². The van der Waals surface area contributed by atoms with Gasteiger partial charge in [-0.2, -0.15) is 16.4 Å². The summed E-state index contributed by atoms with van der Waals surface area (Å²) in [5, 5.41) is 10.9. The van der Waals surface area contributed by atoms with E-state index in [4.69, 9.17) is 0 Å². The van der Waals surface area contributed by atoms with Gasteiger partial charge in [0.25, 0.3) is 0 Å². The molecule has 0 saturated heterocycles. The van der Waals surface area contributed by atoms with Gasteiger partial charge in [0.05, 0.1) is 0 Å². The van der Waals surface area contributed by atoms with Crippen molar-refractivity contribution in [1.29, 1.82) is 0 Å². The largest absolute Gasteiger partial charge is 0.263 e. The van der Waals surface area contributed by atoms with E-state index in [1.165, 1.54) is 0 Å². The van der Waals surface area contributed by atoms with Gasteiger partial charge in [-0.05, 0) is 18.4 Å². The van der Waals surface area contributed by atoms with Crippen molar-refractivity contribution in [3.63, 3.8) is 0 Å². The van der Waals surface area contributed by atoms with Crippen LogP contribution in [0.25, 0.3) is 11.4 Å². The van der Waals surface area contributed by atoms with Gasteiger partial charge in [0.15, 0.2) is 5.82 Å². The standard InChI is InChI=1S/C7H7N3S/c1-5-8-7(10-9-5)6-2-3-11-4-6/h2-4H,1H3,(H,8,9,10). The number of thiophene rings is 1. The Hall–Kier alpha value is -1.16. The number of nitrogens with zero attached hydrogens (tertiary/aromatic N) is 2. The molecule has 3 nitrogen and oxygen atoms in total. The lowest BCUT2D eigenvalue weighted by Crippen LogP contribution is -1.74. The third kappa shape index (κ3) is 1.17. The van der Waals surface area contributed by atoms with E-state index in [0.717, 1.165) is 17.2 Å². The van der Waals surface area contributed by atoms with Crippen LogP contribution in [-0.4, -0.2) is 15.2 Å². The molecule has 2 heterocycles. The molecule has 0 aliphatic rings. The molecule has 0 fully saturated rings. The summed E-state index contributed by atoms with van der Waals surface area (Å²) in [5.74, 6) is 1.63. The Labute approximate surface area is 68.1 Å². The van der Waals surface area contributed by atoms with Gasteiger partial charge in [-0.3, -0.25) is 5.10 Å². The summed E-state index contributed by atoms with van der Waals surface area (Å²) >= 11 is 1.65. The van der Waals surface area contributed by atoms with Crippen molar-refractivity contribution in [3.05, 3.63) is 22.7 Å². The fourth-order valence-electron chi connectivity index (χ4n) is 0.864. The molecule has 0 aromatic carbocycles. The number of hydrogen-bond acceptors (Lipinski definition) is 3. The van der Waals surface area contributed by atoms with E-state index in [-0.39, 0.29) is 0 Å². The van der Waals surface area contributed by atoms with E-state index in [0.29, 0.717) is 0 Å². The molecule has 0 saturated carbocycles. The van der Waals surface area contributed by atoms with Crippen molar-refractivity contribution in [1.82, 2.24) is 15.2 Å². The average molecular weight is 165 g/mol. The molecule has 0 aliphatic heterocycles. The maximum absolute atomic E-state index is 4.19. The van der Waals surface area contributed by atoms with Crippen LogP contribution in [0.2, 0.25) is 0 Å². The van der Waals surface area contributed by atoms with E-state index in [1.54, 1.807) is 11.3 Å². The second-order valence-electron chi connectivity index (χ2n) is 2.26. The molecule has 0 atom stereocenters. The summed E-state index contributed by atoms with van der Waals surface area (Å²) in [6.07, 6.45) is 0. The van der Waals surface area contributed by atoms with E-state index < -0.39 is 0 Å². The van der Waals surface area contributed by atoms with E-state index >= 15 is 0 Å². The second-order valence-corrected chi connectivity index (χ2v) is 3.04. The predicted octanol–water partition coefficient (Wildman–Crippen LogP) is 1.84. The van der Waals surface area contributed by atoms with Crippen LogP contribution in [0.3, 0.4) is 0 Å². The molecule has 0 unspecified atom stereocenters. The minimum absolute atomic E-state index is 0.781. The van der Waals surface area contributed by atoms with E-state index in [2.05, 4.69) is 15.2 Å². The van der Waals surface area contributed by atoms with Crippen molar-refractivity contribution >= 4 is 11.3 Å². The topological polar surface area (TPSA) is 41.6 Å². The first kappa shape index (κ1) is 6.54. The molecule has 0 spiro atoms. The normalized spacial score (nSPS) is 10.3. The Bertz CT molecular complexity index is 336. The third-order valence-corrected chi connectivity index (χ3v) is 2.06. The van der Waals surface area contributed by atoms with Crippen molar-refractivity contribution in [2.75, 3.05) is 0 Å². The molecule has 11 heavy (non-hydrogen) atoms. The Morgan fingerprint density at radius 2 is 2.45 bits per heavy atom. The fourth-order valence-corrected chi connectivity index (χ4v) is 1.50. The highest BCUT2D eigenvalue weighted by Crippen LogP contribution is 2.16. The van der Waals surface area contributed by atoms with Gasteiger partial charge in [-0.25, -0.2) is 4.98 Å². The minimum atomic E-state index is 0.781. The summed E-state index contributed by atoms with van der Waals surface area (Å²) in [6, 6.07) is 2.01. The van der Waals surface area contributed by atoms with Crippen molar-refractivity contribution < 1.29 is 0 Å². The highest BCUT2D eigenvalue weighted by atomic mass is 32.1. The molecular weight excluding hydrogens is 158 g/mol. The molecule has 0 bridgehead atoms. The lowest BCUT2D eigenvalue weighted by molar-refractivity contribution is 1.04. The maximum Gasteiger partial charge on any atom is 0.181 e. The van der Waals surface area contributed by atoms with Gasteiger partial charge in [0, 0.05) is 10.9 Å². The third-order valence-electron chi connectivity index (χ3n) is 1.38. The smallest absolute Gasteiger partial charge is 0.181 e. The highest BCUT2D eigenvalue weighted by Gasteiger charge is 2.01. The minimum Gasteiger partial charge on any atom is -0.263 e. The number of nitrogens with one attached hydrogen (secondary N) is 1. The molecular formula is C7H7N3S. The first-order chi connectivity index (χ1) is 5.36. The maximum atomic E-state index is 4.19. The zero-order valence-electron chi connectivity index (χ0n) is 6.03. The van der Waals surface area contributed by atoms with Crippen LogP contribution >= 0.6 is 11.3 Å². The van der Waals surface area contributed by atoms with Crippen molar-refractivity contribution in [3.8, 4) is 11.4 Å². The second kappa shape index (κ2) is 2.47. The zero-order valence-corrected chi connectivity index (χ0v) is 6.85. The molecule has 2 aromatic heterocycles. The van der Waals surface area contributed by atoms with Crippen molar-refractivity contribution in [2.24, 2.45) is 0 Å². The molecule has 56 valence electrons. The zero-order chi connectivity index (χ0) is 7.68. The Morgan fingerprint density at radius 3 is 3.00 bits per heavy atom. The average Bonchev–Trinajstić information content (AvgIpc) is 2.55. The van der Waals surface area contributed by atoms with Crippen LogP contribution in [0.5, 0.6) is 0 Å². The highest BCUT2D eigenvalue weighted by molar-refractivity contribution is 7.08. The van der Waals surface area contributed by atoms with Crippen LogP contribution in [0.4, 0.5) is 0 Å². The quantitative estimate of drug-likeness (QED) is 0.700. The first-order valence-electron chi connectivity index (χ1n) is 3.28. The molecule has 4 heteroatoms. The Balaban J connectivity index is 2.45. The summed E-state index contributed by atoms with van der Waals surface area (Å²) < 4.78 is 0. The number of H-pyrrole nitrogens is 1. The van der Waals surface area contributed by atoms with Crippen LogP contribution in [0, 0.1) is 6.92 Å². The number of aryl methyl sites for hydroxylation is 1. The Kier molecular flexibility index (Phi) is 1.47. The molecule has 2 aromatic rings. The van der Waals surface area contributed by atoms with Gasteiger partial charge in [-0.15, -0.1) is 0 Å². The lowest BCUT2D eigenvalue weighted by Gasteiger charge is -1.82. The van der Waals surface area contributed by atoms with Gasteiger partial charge in [-0.1, -0.05) is 0 Å². The lowest BCUT2D eigenvalue weighted by atomic mass is 10.3. The summed E-state index contributed by atoms with van der Waals surface area (Å²) in [4.78, 5) is 4.19. The SMILES string of the molecule is Cc1nc(-c2ccsc2)n[nH]1. The van der Waals surface area contributed by atoms with Gasteiger partial charge in [0.1, 0.15) is 5.82 Å². The predicted molar refractivity (Wildman–Crippen MR) is 44.4 cm³/mol. The van der Waals surface area contributed by atoms with Gasteiger partial charge < -0.3 is 0 Å². The van der Waals surface area contributed by atoms with Crippen LogP contribution in [0.1, 0.15) is 5.82 Å². The fraction of sp³-hybridized carbons (Fsp3) is 0.143. The molecule has 1 N–H and O–H groups in total. The van der Waals surface area contributed by atoms with Gasteiger partial charge >= 0.3 is 0 Å². The summed E-state index contributed by atoms with van der Waals surface area (Å²) in [7, 11) is 0. The number of aromatic nitrogens is 3. The number of hydrogen-bond donors (Lipinski definition) is 1.